The lowest BCUT2D eigenvalue weighted by molar-refractivity contribution is 0.784. The van der Waals surface area contributed by atoms with Gasteiger partial charge in [0.15, 0.2) is 5.96 Å². The summed E-state index contributed by atoms with van der Waals surface area (Å²) in [5.74, 6) is 0.596. The van der Waals surface area contributed by atoms with Crippen LogP contribution in [0.15, 0.2) is 45.2 Å². The van der Waals surface area contributed by atoms with Gasteiger partial charge in [-0.1, -0.05) is 17.7 Å². The van der Waals surface area contributed by atoms with Crippen molar-refractivity contribution in [2.75, 3.05) is 11.4 Å². The van der Waals surface area contributed by atoms with Crippen molar-refractivity contribution in [2.45, 2.75) is 13.0 Å². The number of halogens is 1. The lowest BCUT2D eigenvalue weighted by Crippen LogP contribution is -2.35. The van der Waals surface area contributed by atoms with Crippen LogP contribution in [0.4, 0.5) is 5.69 Å². The second-order valence-electron chi connectivity index (χ2n) is 4.59. The first-order chi connectivity index (χ1) is 9.15. The quantitative estimate of drug-likeness (QED) is 0.909. The molecule has 0 bridgehead atoms. The number of nitrogens with two attached hydrogens (primary N) is 1. The third kappa shape index (κ3) is 2.40. The molecule has 5 heteroatoms. The van der Waals surface area contributed by atoms with Gasteiger partial charge in [-0.3, -0.25) is 4.99 Å². The van der Waals surface area contributed by atoms with E-state index in [0.29, 0.717) is 12.5 Å². The summed E-state index contributed by atoms with van der Waals surface area (Å²) in [4.78, 5) is 7.78. The summed E-state index contributed by atoms with van der Waals surface area (Å²) in [7, 11) is 0. The van der Waals surface area contributed by atoms with Gasteiger partial charge in [0.2, 0.25) is 0 Å². The number of anilines is 1. The van der Waals surface area contributed by atoms with Gasteiger partial charge in [0, 0.05) is 20.4 Å². The molecule has 0 saturated heterocycles. The Morgan fingerprint density at radius 3 is 2.74 bits per heavy atom. The smallest absolute Gasteiger partial charge is 0.196 e. The molecule has 2 aromatic rings. The van der Waals surface area contributed by atoms with Gasteiger partial charge >= 0.3 is 0 Å². The minimum atomic E-state index is 0.207. The zero-order chi connectivity index (χ0) is 13.4. The predicted octanol–water partition coefficient (Wildman–Crippen LogP) is 3.70. The number of hydrogen-bond donors (Lipinski definition) is 1. The summed E-state index contributed by atoms with van der Waals surface area (Å²) < 4.78 is 1.11. The van der Waals surface area contributed by atoms with Crippen molar-refractivity contribution in [3.63, 3.8) is 0 Å². The average molecular weight is 336 g/mol. The maximum atomic E-state index is 6.05. The molecule has 1 unspecified atom stereocenters. The monoisotopic (exact) mass is 335 g/mol. The number of hydrogen-bond acceptors (Lipinski definition) is 4. The third-order valence-electron chi connectivity index (χ3n) is 3.21. The normalized spacial score (nSPS) is 18.7. The fourth-order valence-corrected chi connectivity index (χ4v) is 3.76. The zero-order valence-corrected chi connectivity index (χ0v) is 12.9. The molecular weight excluding hydrogens is 322 g/mol. The Labute approximate surface area is 124 Å². The molecule has 1 aromatic heterocycles. The molecule has 3 rings (SSSR count). The summed E-state index contributed by atoms with van der Waals surface area (Å²) in [6, 6.07) is 10.7. The Morgan fingerprint density at radius 2 is 2.11 bits per heavy atom. The molecule has 0 saturated carbocycles. The first-order valence-corrected chi connectivity index (χ1v) is 7.72. The maximum Gasteiger partial charge on any atom is 0.196 e. The van der Waals surface area contributed by atoms with Crippen LogP contribution in [-0.4, -0.2) is 12.5 Å². The number of aryl methyl sites for hydroxylation is 1. The van der Waals surface area contributed by atoms with Crippen molar-refractivity contribution in [3.8, 4) is 0 Å². The molecule has 0 spiro atoms. The van der Waals surface area contributed by atoms with Gasteiger partial charge in [-0.2, -0.15) is 0 Å². The highest BCUT2D eigenvalue weighted by molar-refractivity contribution is 9.10. The van der Waals surface area contributed by atoms with Crippen LogP contribution >= 0.6 is 27.3 Å². The summed E-state index contributed by atoms with van der Waals surface area (Å²) in [6.45, 7) is 2.80. The molecule has 2 heterocycles. The largest absolute Gasteiger partial charge is 0.369 e. The molecule has 0 aliphatic carbocycles. The number of benzene rings is 1. The molecule has 0 amide bonds. The minimum Gasteiger partial charge on any atom is -0.369 e. The van der Waals surface area contributed by atoms with Gasteiger partial charge in [0.05, 0.1) is 12.6 Å². The minimum absolute atomic E-state index is 0.207. The second-order valence-corrected chi connectivity index (χ2v) is 6.45. The predicted molar refractivity (Wildman–Crippen MR) is 84.9 cm³/mol. The summed E-state index contributed by atoms with van der Waals surface area (Å²) in [5, 5.41) is 2.09. The summed E-state index contributed by atoms with van der Waals surface area (Å²) >= 11 is 5.24. The van der Waals surface area contributed by atoms with Gasteiger partial charge in [-0.15, -0.1) is 11.3 Å². The van der Waals surface area contributed by atoms with E-state index >= 15 is 0 Å². The van der Waals surface area contributed by atoms with E-state index in [0.717, 1.165) is 10.2 Å². The summed E-state index contributed by atoms with van der Waals surface area (Å²) in [6.07, 6.45) is 0. The van der Waals surface area contributed by atoms with Gasteiger partial charge in [-0.25, -0.2) is 0 Å². The van der Waals surface area contributed by atoms with Crippen LogP contribution in [0, 0.1) is 6.92 Å². The molecular formula is C14H14BrN3S. The van der Waals surface area contributed by atoms with Crippen molar-refractivity contribution in [2.24, 2.45) is 10.7 Å². The van der Waals surface area contributed by atoms with E-state index in [-0.39, 0.29) is 6.04 Å². The third-order valence-corrected chi connectivity index (χ3v) is 5.01. The van der Waals surface area contributed by atoms with Crippen LogP contribution in [0.1, 0.15) is 16.5 Å². The summed E-state index contributed by atoms with van der Waals surface area (Å²) in [5.41, 5.74) is 8.39. The first-order valence-electron chi connectivity index (χ1n) is 6.05. The number of nitrogens with zero attached hydrogens (tertiary/aromatic N) is 2. The Hall–Kier alpha value is -1.33. The molecule has 0 fully saturated rings. The van der Waals surface area contributed by atoms with Crippen molar-refractivity contribution in [3.05, 3.63) is 50.6 Å². The molecule has 2 N–H and O–H groups in total. The number of thiophene rings is 1. The van der Waals surface area contributed by atoms with Crippen LogP contribution in [0.2, 0.25) is 0 Å². The number of guanidine groups is 1. The van der Waals surface area contributed by atoms with E-state index in [1.165, 1.54) is 10.4 Å². The standard InChI is InChI=1S/C14H14BrN3S/c1-9-2-4-11(5-3-9)18-12(7-17-14(18)16)13-6-10(15)8-19-13/h2-6,8,12H,7H2,1H3,(H2,16,17). The first kappa shape index (κ1) is 12.7. The topological polar surface area (TPSA) is 41.6 Å². The average Bonchev–Trinajstić information content (AvgIpc) is 2.97. The van der Waals surface area contributed by atoms with Crippen LogP contribution in [0.3, 0.4) is 0 Å². The van der Waals surface area contributed by atoms with E-state index < -0.39 is 0 Å². The van der Waals surface area contributed by atoms with Gasteiger partial charge in [-0.05, 0) is 41.1 Å². The highest BCUT2D eigenvalue weighted by atomic mass is 79.9. The van der Waals surface area contributed by atoms with Crippen molar-refractivity contribution in [1.29, 1.82) is 0 Å². The SMILES string of the molecule is Cc1ccc(N2C(N)=NCC2c2cc(Br)cs2)cc1. The van der Waals surface area contributed by atoms with Gasteiger partial charge in [0.1, 0.15) is 0 Å². The lowest BCUT2D eigenvalue weighted by Gasteiger charge is -2.25. The number of rotatable bonds is 2. The molecule has 98 valence electrons. The maximum absolute atomic E-state index is 6.05. The van der Waals surface area contributed by atoms with E-state index in [1.807, 2.05) is 0 Å². The molecule has 1 atom stereocenters. The van der Waals surface area contributed by atoms with E-state index in [4.69, 9.17) is 5.73 Å². The van der Waals surface area contributed by atoms with Gasteiger partial charge in [0.25, 0.3) is 0 Å². The fourth-order valence-electron chi connectivity index (χ4n) is 2.24. The zero-order valence-electron chi connectivity index (χ0n) is 10.5. The molecule has 19 heavy (non-hydrogen) atoms. The molecule has 3 nitrogen and oxygen atoms in total. The lowest BCUT2D eigenvalue weighted by atomic mass is 10.1. The highest BCUT2D eigenvalue weighted by Crippen LogP contribution is 2.35. The van der Waals surface area contributed by atoms with E-state index in [9.17, 15) is 0 Å². The Kier molecular flexibility index (Phi) is 3.33. The van der Waals surface area contributed by atoms with Crippen LogP contribution in [0.5, 0.6) is 0 Å². The highest BCUT2D eigenvalue weighted by Gasteiger charge is 2.29. The Bertz CT molecular complexity index is 618. The van der Waals surface area contributed by atoms with Crippen LogP contribution < -0.4 is 10.6 Å². The van der Waals surface area contributed by atoms with E-state index in [1.54, 1.807) is 11.3 Å². The van der Waals surface area contributed by atoms with Crippen LogP contribution in [-0.2, 0) is 0 Å². The Balaban J connectivity index is 1.96. The van der Waals surface area contributed by atoms with Crippen molar-refractivity contribution >= 4 is 38.9 Å². The molecule has 1 aliphatic heterocycles. The number of aliphatic imine (C=N–C) groups is 1. The molecule has 1 aliphatic rings. The van der Waals surface area contributed by atoms with Crippen LogP contribution in [0.25, 0.3) is 0 Å². The fraction of sp³-hybridized carbons (Fsp3) is 0.214. The van der Waals surface area contributed by atoms with E-state index in [2.05, 4.69) is 68.5 Å². The molecule has 1 aromatic carbocycles. The van der Waals surface area contributed by atoms with Crippen molar-refractivity contribution in [1.82, 2.24) is 0 Å². The second kappa shape index (κ2) is 4.98. The Morgan fingerprint density at radius 1 is 1.37 bits per heavy atom. The van der Waals surface area contributed by atoms with Gasteiger partial charge < -0.3 is 10.6 Å². The van der Waals surface area contributed by atoms with Crippen molar-refractivity contribution < 1.29 is 0 Å². The molecule has 0 radical (unpaired) electrons.